The van der Waals surface area contributed by atoms with Crippen LogP contribution in [0.1, 0.15) is 25.2 Å². The molecule has 0 bridgehead atoms. The quantitative estimate of drug-likeness (QED) is 0.781. The van der Waals surface area contributed by atoms with Crippen LogP contribution in [0, 0.1) is 5.82 Å². The first-order valence-corrected chi connectivity index (χ1v) is 7.18. The number of hydrogen-bond donors (Lipinski definition) is 2. The lowest BCUT2D eigenvalue weighted by atomic mass is 10.2. The summed E-state index contributed by atoms with van der Waals surface area (Å²) >= 11 is 0. The van der Waals surface area contributed by atoms with Crippen LogP contribution in [0.3, 0.4) is 0 Å². The molecule has 1 atom stereocenters. The van der Waals surface area contributed by atoms with Crippen LogP contribution >= 0.6 is 7.60 Å². The standard InChI is InChI=1S/C11H17FNO4P/c1-3-16-18(15,17-4-2)11(13)8-5-6-10(14)9(12)7-8/h5-7,11,14H,3-4,13H2,1-2H3/t11-/m0/s1. The minimum atomic E-state index is -3.54. The molecule has 0 aromatic heterocycles. The molecule has 0 spiro atoms. The van der Waals surface area contributed by atoms with E-state index in [9.17, 15) is 8.96 Å². The molecule has 7 heteroatoms. The molecular weight excluding hydrogens is 260 g/mol. The maximum Gasteiger partial charge on any atom is 0.351 e. The van der Waals surface area contributed by atoms with Crippen LogP contribution in [0.5, 0.6) is 5.75 Å². The van der Waals surface area contributed by atoms with Crippen LogP contribution in [-0.2, 0) is 13.6 Å². The normalized spacial score (nSPS) is 13.6. The summed E-state index contributed by atoms with van der Waals surface area (Å²) in [7, 11) is -3.54. The van der Waals surface area contributed by atoms with Crippen molar-refractivity contribution in [2.45, 2.75) is 19.6 Å². The van der Waals surface area contributed by atoms with E-state index >= 15 is 0 Å². The second-order valence-electron chi connectivity index (χ2n) is 3.53. The monoisotopic (exact) mass is 277 g/mol. The Morgan fingerprint density at radius 3 is 2.39 bits per heavy atom. The van der Waals surface area contributed by atoms with Gasteiger partial charge in [0.1, 0.15) is 5.78 Å². The van der Waals surface area contributed by atoms with Crippen molar-refractivity contribution in [3.05, 3.63) is 29.6 Å². The molecule has 0 amide bonds. The lowest BCUT2D eigenvalue weighted by Crippen LogP contribution is -2.15. The zero-order valence-electron chi connectivity index (χ0n) is 10.3. The molecule has 1 aromatic carbocycles. The fourth-order valence-electron chi connectivity index (χ4n) is 1.45. The van der Waals surface area contributed by atoms with Crippen LogP contribution in [0.4, 0.5) is 4.39 Å². The predicted octanol–water partition coefficient (Wildman–Crippen LogP) is 2.75. The van der Waals surface area contributed by atoms with Gasteiger partial charge < -0.3 is 19.9 Å². The van der Waals surface area contributed by atoms with E-state index in [-0.39, 0.29) is 18.8 Å². The highest BCUT2D eigenvalue weighted by atomic mass is 31.2. The van der Waals surface area contributed by atoms with Crippen LogP contribution in [-0.4, -0.2) is 18.3 Å². The van der Waals surface area contributed by atoms with Gasteiger partial charge in [-0.05, 0) is 31.5 Å². The first kappa shape index (κ1) is 15.1. The van der Waals surface area contributed by atoms with Gasteiger partial charge in [-0.15, -0.1) is 0 Å². The summed E-state index contributed by atoms with van der Waals surface area (Å²) in [6.07, 6.45) is 0. The first-order valence-electron chi connectivity index (χ1n) is 5.57. The van der Waals surface area contributed by atoms with Crippen molar-refractivity contribution < 1.29 is 23.1 Å². The summed E-state index contributed by atoms with van der Waals surface area (Å²) in [6.45, 7) is 3.67. The van der Waals surface area contributed by atoms with Crippen LogP contribution in [0.15, 0.2) is 18.2 Å². The third-order valence-electron chi connectivity index (χ3n) is 2.27. The molecule has 0 saturated heterocycles. The molecule has 0 heterocycles. The van der Waals surface area contributed by atoms with Gasteiger partial charge >= 0.3 is 7.60 Å². The van der Waals surface area contributed by atoms with Gasteiger partial charge in [-0.25, -0.2) is 4.39 Å². The number of nitrogens with two attached hydrogens (primary N) is 1. The van der Waals surface area contributed by atoms with Crippen molar-refractivity contribution in [1.82, 2.24) is 0 Å². The van der Waals surface area contributed by atoms with Crippen molar-refractivity contribution in [3.8, 4) is 5.75 Å². The number of hydrogen-bond acceptors (Lipinski definition) is 5. The number of rotatable bonds is 6. The maximum atomic E-state index is 13.2. The number of phenols is 1. The average Bonchev–Trinajstić information content (AvgIpc) is 2.32. The molecule has 1 aromatic rings. The zero-order chi connectivity index (χ0) is 13.8. The Labute approximate surface area is 105 Å². The summed E-state index contributed by atoms with van der Waals surface area (Å²) in [5.74, 6) is -2.41. The predicted molar refractivity (Wildman–Crippen MR) is 65.9 cm³/mol. The van der Waals surface area contributed by atoms with Gasteiger partial charge in [-0.1, -0.05) is 6.07 Å². The number of phenolic OH excluding ortho intramolecular Hbond substituents is 1. The molecule has 102 valence electrons. The van der Waals surface area contributed by atoms with Gasteiger partial charge in [0, 0.05) is 0 Å². The van der Waals surface area contributed by atoms with Gasteiger partial charge in [-0.3, -0.25) is 4.57 Å². The Bertz CT molecular complexity index is 445. The molecule has 1 rings (SSSR count). The highest BCUT2D eigenvalue weighted by Crippen LogP contribution is 2.58. The van der Waals surface area contributed by atoms with Gasteiger partial charge in [0.05, 0.1) is 13.2 Å². The minimum Gasteiger partial charge on any atom is -0.505 e. The Morgan fingerprint density at radius 1 is 1.39 bits per heavy atom. The summed E-state index contributed by atoms with van der Waals surface area (Å²) in [6, 6.07) is 3.55. The summed E-state index contributed by atoms with van der Waals surface area (Å²) in [5, 5.41) is 9.09. The molecule has 3 N–H and O–H groups in total. The molecule has 5 nitrogen and oxygen atoms in total. The van der Waals surface area contributed by atoms with E-state index in [2.05, 4.69) is 0 Å². The largest absolute Gasteiger partial charge is 0.505 e. The van der Waals surface area contributed by atoms with Crippen LogP contribution in [0.25, 0.3) is 0 Å². The van der Waals surface area contributed by atoms with Gasteiger partial charge in [0.15, 0.2) is 11.6 Å². The van der Waals surface area contributed by atoms with E-state index in [4.69, 9.17) is 19.9 Å². The summed E-state index contributed by atoms with van der Waals surface area (Å²) < 4.78 is 35.7. The molecule has 0 unspecified atom stereocenters. The lowest BCUT2D eigenvalue weighted by Gasteiger charge is -2.23. The highest BCUT2D eigenvalue weighted by molar-refractivity contribution is 7.54. The van der Waals surface area contributed by atoms with Crippen molar-refractivity contribution in [3.63, 3.8) is 0 Å². The minimum absolute atomic E-state index is 0.172. The Hall–Kier alpha value is -0.940. The molecule has 0 fully saturated rings. The van der Waals surface area contributed by atoms with E-state index in [1.54, 1.807) is 13.8 Å². The van der Waals surface area contributed by atoms with Crippen molar-refractivity contribution in [2.24, 2.45) is 5.73 Å². The number of halogens is 1. The fourth-order valence-corrected chi connectivity index (χ4v) is 3.09. The molecule has 0 radical (unpaired) electrons. The number of aromatic hydroxyl groups is 1. The van der Waals surface area contributed by atoms with Gasteiger partial charge in [0.2, 0.25) is 0 Å². The summed E-state index contributed by atoms with van der Waals surface area (Å²) in [4.78, 5) is 0. The van der Waals surface area contributed by atoms with Gasteiger partial charge in [-0.2, -0.15) is 0 Å². The van der Waals surface area contributed by atoms with E-state index in [1.807, 2.05) is 0 Å². The topological polar surface area (TPSA) is 81.8 Å². The summed E-state index contributed by atoms with van der Waals surface area (Å²) in [5.41, 5.74) is 6.05. The highest BCUT2D eigenvalue weighted by Gasteiger charge is 2.34. The van der Waals surface area contributed by atoms with E-state index in [0.717, 1.165) is 12.1 Å². The molecule has 0 aliphatic rings. The second-order valence-corrected chi connectivity index (χ2v) is 5.68. The lowest BCUT2D eigenvalue weighted by molar-refractivity contribution is 0.212. The molecule has 18 heavy (non-hydrogen) atoms. The number of benzene rings is 1. The van der Waals surface area contributed by atoms with Crippen LogP contribution < -0.4 is 5.73 Å². The Balaban J connectivity index is 3.05. The molecule has 0 aliphatic carbocycles. The van der Waals surface area contributed by atoms with Crippen molar-refractivity contribution in [1.29, 1.82) is 0 Å². The molecular formula is C11H17FNO4P. The molecule has 0 aliphatic heterocycles. The third kappa shape index (κ3) is 3.29. The van der Waals surface area contributed by atoms with E-state index in [1.165, 1.54) is 6.07 Å². The first-order chi connectivity index (χ1) is 8.44. The third-order valence-corrected chi connectivity index (χ3v) is 4.49. The van der Waals surface area contributed by atoms with E-state index in [0.29, 0.717) is 0 Å². The smallest absolute Gasteiger partial charge is 0.351 e. The second kappa shape index (κ2) is 6.29. The SMILES string of the molecule is CCOP(=O)(OCC)[C@H](N)c1ccc(O)c(F)c1. The van der Waals surface area contributed by atoms with Crippen LogP contribution in [0.2, 0.25) is 0 Å². The van der Waals surface area contributed by atoms with E-state index < -0.39 is 24.9 Å². The Kier molecular flexibility index (Phi) is 5.28. The Morgan fingerprint density at radius 2 is 1.94 bits per heavy atom. The molecule has 0 saturated carbocycles. The fraction of sp³-hybridized carbons (Fsp3) is 0.455. The maximum absolute atomic E-state index is 13.2. The zero-order valence-corrected chi connectivity index (χ0v) is 11.2. The van der Waals surface area contributed by atoms with Gasteiger partial charge in [0.25, 0.3) is 0 Å². The average molecular weight is 277 g/mol. The van der Waals surface area contributed by atoms with Crippen molar-refractivity contribution in [2.75, 3.05) is 13.2 Å². The van der Waals surface area contributed by atoms with Crippen molar-refractivity contribution >= 4 is 7.60 Å².